The molecule has 33 heavy (non-hydrogen) atoms. The summed E-state index contributed by atoms with van der Waals surface area (Å²) in [6.45, 7) is 4.36. The van der Waals surface area contributed by atoms with Crippen LogP contribution in [0, 0.1) is 6.92 Å². The maximum atomic E-state index is 13.9. The number of unbranched alkanes of at least 4 members (excludes halogenated alkanes) is 3. The summed E-state index contributed by atoms with van der Waals surface area (Å²) in [5, 5.41) is 13.4. The van der Waals surface area contributed by atoms with E-state index in [0.29, 0.717) is 17.8 Å². The number of alkyl halides is 1. The summed E-state index contributed by atoms with van der Waals surface area (Å²) in [4.78, 5) is 35.3. The zero-order valence-electron chi connectivity index (χ0n) is 18.9. The number of pyridine rings is 1. The number of aromatic nitrogens is 3. The first-order chi connectivity index (χ1) is 16.0. The van der Waals surface area contributed by atoms with Gasteiger partial charge >= 0.3 is 0 Å². The van der Waals surface area contributed by atoms with Gasteiger partial charge in [-0.25, -0.2) is 4.39 Å². The molecule has 2 amide bonds. The summed E-state index contributed by atoms with van der Waals surface area (Å²) in [6.07, 6.45) is 6.12. The first-order valence-electron chi connectivity index (χ1n) is 11.2. The molecule has 3 rings (SSSR count). The maximum absolute atomic E-state index is 13.9. The van der Waals surface area contributed by atoms with Crippen LogP contribution in [-0.2, 0) is 4.79 Å². The van der Waals surface area contributed by atoms with E-state index >= 15 is 0 Å². The molecule has 1 aliphatic rings. The molecule has 10 nitrogen and oxygen atoms in total. The Morgan fingerprint density at radius 3 is 2.82 bits per heavy atom. The average Bonchev–Trinajstić information content (AvgIpc) is 3.20. The van der Waals surface area contributed by atoms with Gasteiger partial charge in [0.2, 0.25) is 5.91 Å². The van der Waals surface area contributed by atoms with Gasteiger partial charge in [0.15, 0.2) is 6.04 Å². The molecular formula is C22H29FN8O2. The van der Waals surface area contributed by atoms with Crippen molar-refractivity contribution in [3.8, 4) is 0 Å². The molecule has 0 bridgehead atoms. The standard InChI is InChI=1S/C22H29FN8O2/c1-3-4-5-6-9-26-21(32)20(18-14(2)13-27-29-18)31(16-11-15(23)12-16)22(33)19-17(28-30-24)8-7-10-25-19/h7-8,10,13,15-16,20H,3-6,9,11-12H2,1-2H3,(H,26,32)(H,27,29). The molecular weight excluding hydrogens is 427 g/mol. The second-order valence-electron chi connectivity index (χ2n) is 8.22. The molecule has 176 valence electrons. The van der Waals surface area contributed by atoms with Crippen LogP contribution in [0.15, 0.2) is 29.6 Å². The Morgan fingerprint density at radius 2 is 2.18 bits per heavy atom. The summed E-state index contributed by atoms with van der Waals surface area (Å²) < 4.78 is 13.9. The van der Waals surface area contributed by atoms with Gasteiger partial charge in [-0.05, 0) is 49.4 Å². The van der Waals surface area contributed by atoms with E-state index in [-0.39, 0.29) is 30.1 Å². The number of nitrogens with one attached hydrogen (secondary N) is 2. The van der Waals surface area contributed by atoms with Crippen LogP contribution in [0.1, 0.15) is 73.2 Å². The van der Waals surface area contributed by atoms with E-state index in [9.17, 15) is 14.0 Å². The third-order valence-corrected chi connectivity index (χ3v) is 5.82. The number of nitrogens with zero attached hydrogens (tertiary/aromatic N) is 6. The first kappa shape index (κ1) is 24.2. The third kappa shape index (κ3) is 5.67. The van der Waals surface area contributed by atoms with E-state index < -0.39 is 24.2 Å². The van der Waals surface area contributed by atoms with Gasteiger partial charge < -0.3 is 10.2 Å². The zero-order chi connectivity index (χ0) is 23.8. The quantitative estimate of drug-likeness (QED) is 0.223. The van der Waals surface area contributed by atoms with E-state index in [1.165, 1.54) is 17.2 Å². The predicted molar refractivity (Wildman–Crippen MR) is 120 cm³/mol. The smallest absolute Gasteiger partial charge is 0.274 e. The topological polar surface area (TPSA) is 140 Å². The van der Waals surface area contributed by atoms with E-state index in [2.05, 4.69) is 37.4 Å². The maximum Gasteiger partial charge on any atom is 0.274 e. The monoisotopic (exact) mass is 456 g/mol. The van der Waals surface area contributed by atoms with Crippen LogP contribution >= 0.6 is 0 Å². The average molecular weight is 457 g/mol. The molecule has 1 aliphatic carbocycles. The van der Waals surface area contributed by atoms with E-state index in [0.717, 1.165) is 25.7 Å². The van der Waals surface area contributed by atoms with Gasteiger partial charge in [-0.15, -0.1) is 0 Å². The molecule has 0 spiro atoms. The molecule has 0 saturated heterocycles. The van der Waals surface area contributed by atoms with Gasteiger partial charge in [-0.2, -0.15) is 5.10 Å². The first-order valence-corrected chi connectivity index (χ1v) is 11.2. The molecule has 1 saturated carbocycles. The molecule has 2 aromatic rings. The van der Waals surface area contributed by atoms with Crippen molar-refractivity contribution in [2.75, 3.05) is 6.54 Å². The van der Waals surface area contributed by atoms with Crippen molar-refractivity contribution >= 4 is 17.5 Å². The Kier molecular flexibility index (Phi) is 8.37. The van der Waals surface area contributed by atoms with Crippen LogP contribution in [0.5, 0.6) is 0 Å². The number of carbonyl (C=O) groups excluding carboxylic acids is 2. The fraction of sp³-hybridized carbons (Fsp3) is 0.545. The van der Waals surface area contributed by atoms with Crippen LogP contribution in [-0.4, -0.2) is 50.7 Å². The minimum absolute atomic E-state index is 0.0474. The predicted octanol–water partition coefficient (Wildman–Crippen LogP) is 4.44. The molecule has 2 heterocycles. The lowest BCUT2D eigenvalue weighted by Crippen LogP contribution is -2.54. The largest absolute Gasteiger partial charge is 0.354 e. The second-order valence-corrected chi connectivity index (χ2v) is 8.22. The summed E-state index contributed by atoms with van der Waals surface area (Å²) in [5.41, 5.74) is 10.0. The normalized spacial score (nSPS) is 18.0. The molecule has 0 radical (unpaired) electrons. The number of H-pyrrole nitrogens is 1. The Labute approximate surface area is 191 Å². The number of amides is 2. The lowest BCUT2D eigenvalue weighted by atomic mass is 9.87. The van der Waals surface area contributed by atoms with Gasteiger partial charge in [-0.1, -0.05) is 31.3 Å². The van der Waals surface area contributed by atoms with Crippen LogP contribution in [0.2, 0.25) is 0 Å². The van der Waals surface area contributed by atoms with Crippen LogP contribution in [0.4, 0.5) is 10.1 Å². The second kappa shape index (κ2) is 11.4. The minimum Gasteiger partial charge on any atom is -0.354 e. The highest BCUT2D eigenvalue weighted by Gasteiger charge is 2.44. The van der Waals surface area contributed by atoms with E-state index in [4.69, 9.17) is 5.53 Å². The van der Waals surface area contributed by atoms with E-state index in [1.54, 1.807) is 19.2 Å². The number of hydrogen-bond donors (Lipinski definition) is 2. The summed E-state index contributed by atoms with van der Waals surface area (Å²) in [7, 11) is 0. The third-order valence-electron chi connectivity index (χ3n) is 5.82. The van der Waals surface area contributed by atoms with Crippen molar-refractivity contribution in [3.63, 3.8) is 0 Å². The molecule has 0 aromatic carbocycles. The van der Waals surface area contributed by atoms with Crippen molar-refractivity contribution < 1.29 is 14.0 Å². The molecule has 1 unspecified atom stereocenters. The van der Waals surface area contributed by atoms with Crippen LogP contribution in [0.3, 0.4) is 0 Å². The molecule has 1 atom stereocenters. The number of aromatic amines is 1. The number of carbonyl (C=O) groups is 2. The van der Waals surface area contributed by atoms with Gasteiger partial charge in [0.25, 0.3) is 5.91 Å². The Morgan fingerprint density at radius 1 is 1.39 bits per heavy atom. The lowest BCUT2D eigenvalue weighted by Gasteiger charge is -2.43. The fourth-order valence-electron chi connectivity index (χ4n) is 3.94. The number of azide groups is 1. The van der Waals surface area contributed by atoms with Crippen molar-refractivity contribution in [2.45, 2.75) is 70.6 Å². The van der Waals surface area contributed by atoms with Crippen molar-refractivity contribution in [1.29, 1.82) is 0 Å². The Bertz CT molecular complexity index is 1010. The van der Waals surface area contributed by atoms with Crippen LogP contribution in [0.25, 0.3) is 10.4 Å². The Balaban J connectivity index is 1.97. The molecule has 1 fully saturated rings. The van der Waals surface area contributed by atoms with Crippen LogP contribution < -0.4 is 5.32 Å². The van der Waals surface area contributed by atoms with Gasteiger partial charge in [-0.3, -0.25) is 19.7 Å². The number of halogens is 1. The highest BCUT2D eigenvalue weighted by Crippen LogP contribution is 2.37. The highest BCUT2D eigenvalue weighted by molar-refractivity contribution is 6.00. The number of aryl methyl sites for hydroxylation is 1. The summed E-state index contributed by atoms with van der Waals surface area (Å²) in [6, 6.07) is 1.46. The molecule has 2 aromatic heterocycles. The lowest BCUT2D eigenvalue weighted by molar-refractivity contribution is -0.128. The zero-order valence-corrected chi connectivity index (χ0v) is 18.9. The van der Waals surface area contributed by atoms with E-state index in [1.807, 2.05) is 0 Å². The molecule has 2 N–H and O–H groups in total. The number of rotatable bonds is 11. The minimum atomic E-state index is -1.05. The van der Waals surface area contributed by atoms with Gasteiger partial charge in [0, 0.05) is 23.7 Å². The molecule has 0 aliphatic heterocycles. The molecule has 11 heteroatoms. The fourth-order valence-corrected chi connectivity index (χ4v) is 3.94. The van der Waals surface area contributed by atoms with Gasteiger partial charge in [0.05, 0.1) is 17.6 Å². The van der Waals surface area contributed by atoms with Crippen molar-refractivity contribution in [1.82, 2.24) is 25.4 Å². The van der Waals surface area contributed by atoms with Crippen molar-refractivity contribution in [3.05, 3.63) is 51.9 Å². The highest BCUT2D eigenvalue weighted by atomic mass is 19.1. The Hall–Kier alpha value is -3.46. The number of hydrogen-bond acceptors (Lipinski definition) is 5. The summed E-state index contributed by atoms with van der Waals surface area (Å²) in [5.74, 6) is -0.981. The summed E-state index contributed by atoms with van der Waals surface area (Å²) >= 11 is 0. The van der Waals surface area contributed by atoms with Gasteiger partial charge in [0.1, 0.15) is 11.9 Å². The SMILES string of the molecule is CCCCCCNC(=O)C(c1[nH]ncc1C)N(C(=O)c1ncccc1N=[N+]=[N-])C1CC(F)C1. The van der Waals surface area contributed by atoms with Crippen molar-refractivity contribution in [2.24, 2.45) is 5.11 Å².